The van der Waals surface area contributed by atoms with Crippen LogP contribution in [0.5, 0.6) is 0 Å². The molecule has 0 radical (unpaired) electrons. The number of fused-ring (bicyclic) bond motifs is 1. The summed E-state index contributed by atoms with van der Waals surface area (Å²) in [6.07, 6.45) is 8.37. The molecule has 28 heavy (non-hydrogen) atoms. The van der Waals surface area contributed by atoms with Crippen LogP contribution in [0, 0.1) is 0 Å². The molecule has 3 rings (SSSR count). The summed E-state index contributed by atoms with van der Waals surface area (Å²) in [5.41, 5.74) is -1.12. The second kappa shape index (κ2) is 9.64. The van der Waals surface area contributed by atoms with E-state index in [0.29, 0.717) is 12.6 Å². The van der Waals surface area contributed by atoms with Gasteiger partial charge in [0.1, 0.15) is 10.5 Å². The first kappa shape index (κ1) is 22.5. The molecule has 9 nitrogen and oxygen atoms in total. The molecule has 2 aromatic heterocycles. The molecule has 0 amide bonds. The Bertz CT molecular complexity index is 1030. The molecule has 156 valence electrons. The molecule has 2 heterocycles. The Kier molecular flexibility index (Phi) is 7.76. The van der Waals surface area contributed by atoms with Gasteiger partial charge in [-0.2, -0.15) is 0 Å². The van der Waals surface area contributed by atoms with Crippen molar-refractivity contribution in [3.05, 3.63) is 33.1 Å². The van der Waals surface area contributed by atoms with E-state index in [1.165, 1.54) is 38.8 Å². The van der Waals surface area contributed by atoms with Gasteiger partial charge in [0.25, 0.3) is 5.56 Å². The molecule has 1 fully saturated rings. The number of pyridine rings is 1. The van der Waals surface area contributed by atoms with Crippen LogP contribution in [0.4, 0.5) is 0 Å². The zero-order chi connectivity index (χ0) is 19.4. The summed E-state index contributed by atoms with van der Waals surface area (Å²) in [6, 6.07) is 1.68. The fourth-order valence-corrected chi connectivity index (χ4v) is 4.39. The van der Waals surface area contributed by atoms with E-state index in [9.17, 15) is 18.0 Å². The Morgan fingerprint density at radius 2 is 1.86 bits per heavy atom. The number of H-pyrrole nitrogens is 1. The summed E-state index contributed by atoms with van der Waals surface area (Å²) >= 11 is 0. The third-order valence-corrected chi connectivity index (χ3v) is 6.37. The van der Waals surface area contributed by atoms with Gasteiger partial charge in [-0.05, 0) is 18.9 Å². The van der Waals surface area contributed by atoms with Crippen molar-refractivity contribution >= 4 is 33.5 Å². The first-order valence-corrected chi connectivity index (χ1v) is 10.7. The van der Waals surface area contributed by atoms with Crippen molar-refractivity contribution in [2.75, 3.05) is 13.1 Å². The number of nitrogens with zero attached hydrogens (tertiary/aromatic N) is 2. The Hall–Kier alpha value is -1.75. The quantitative estimate of drug-likeness (QED) is 0.455. The molecule has 11 heteroatoms. The van der Waals surface area contributed by atoms with Gasteiger partial charge < -0.3 is 5.32 Å². The van der Waals surface area contributed by atoms with E-state index < -0.39 is 21.3 Å². The fourth-order valence-electron chi connectivity index (χ4n) is 3.39. The molecule has 1 aliphatic carbocycles. The van der Waals surface area contributed by atoms with Crippen LogP contribution in [0.3, 0.4) is 0 Å². The van der Waals surface area contributed by atoms with Crippen molar-refractivity contribution < 1.29 is 8.42 Å². The number of rotatable bonds is 6. The molecule has 0 atom stereocenters. The maximum absolute atomic E-state index is 12.5. The predicted octanol–water partition coefficient (Wildman–Crippen LogP) is 0.634. The van der Waals surface area contributed by atoms with Crippen LogP contribution in [0.25, 0.3) is 11.0 Å². The molecular formula is C17H26ClN5O4S. The first-order valence-electron chi connectivity index (χ1n) is 9.20. The van der Waals surface area contributed by atoms with Gasteiger partial charge in [0, 0.05) is 32.4 Å². The number of aromatic amines is 1. The minimum Gasteiger partial charge on any atom is -0.313 e. The van der Waals surface area contributed by atoms with Crippen molar-refractivity contribution in [1.29, 1.82) is 0 Å². The highest BCUT2D eigenvalue weighted by molar-refractivity contribution is 7.89. The van der Waals surface area contributed by atoms with Crippen molar-refractivity contribution in [3.63, 3.8) is 0 Å². The average molecular weight is 432 g/mol. The van der Waals surface area contributed by atoms with E-state index in [1.54, 1.807) is 0 Å². The summed E-state index contributed by atoms with van der Waals surface area (Å²) in [7, 11) is -2.34. The van der Waals surface area contributed by atoms with Crippen molar-refractivity contribution in [1.82, 2.24) is 24.6 Å². The van der Waals surface area contributed by atoms with Crippen LogP contribution in [0.15, 0.2) is 26.7 Å². The number of hydrogen-bond donors (Lipinski definition) is 3. The molecule has 0 spiro atoms. The molecular weight excluding hydrogens is 406 g/mol. The second-order valence-corrected chi connectivity index (χ2v) is 8.67. The molecule has 2 aromatic rings. The van der Waals surface area contributed by atoms with Crippen molar-refractivity contribution in [2.24, 2.45) is 7.05 Å². The normalized spacial score (nSPS) is 15.9. The van der Waals surface area contributed by atoms with E-state index in [1.807, 2.05) is 0 Å². The maximum Gasteiger partial charge on any atom is 0.329 e. The lowest BCUT2D eigenvalue weighted by molar-refractivity contribution is 0.461. The van der Waals surface area contributed by atoms with E-state index in [2.05, 4.69) is 20.0 Å². The molecule has 3 N–H and O–H groups in total. The standard InChI is InChI=1S/C17H25N5O4S.ClH/c1-22-15-14(16(23)21-17(22)24)10-13(11-19-15)27(25,26)20-9-8-18-12-6-4-2-3-5-7-12;/h10-12,18,20H,2-9H2,1H3,(H,21,23,24);1H. The second-order valence-electron chi connectivity index (χ2n) is 6.90. The van der Waals surface area contributed by atoms with Crippen LogP contribution >= 0.6 is 12.4 Å². The third kappa shape index (κ3) is 5.19. The summed E-state index contributed by atoms with van der Waals surface area (Å²) in [5, 5.41) is 3.45. The van der Waals surface area contributed by atoms with Crippen molar-refractivity contribution in [3.8, 4) is 0 Å². The maximum atomic E-state index is 12.5. The molecule has 0 saturated heterocycles. The monoisotopic (exact) mass is 431 g/mol. The molecule has 0 unspecified atom stereocenters. The van der Waals surface area contributed by atoms with Gasteiger partial charge in [0.05, 0.1) is 5.39 Å². The van der Waals surface area contributed by atoms with Gasteiger partial charge in [0.15, 0.2) is 0 Å². The molecule has 0 bridgehead atoms. The van der Waals surface area contributed by atoms with Crippen molar-refractivity contribution in [2.45, 2.75) is 49.5 Å². The summed E-state index contributed by atoms with van der Waals surface area (Å²) in [4.78, 5) is 29.6. The van der Waals surface area contributed by atoms with Gasteiger partial charge in [-0.25, -0.2) is 22.9 Å². The van der Waals surface area contributed by atoms with Crippen LogP contribution < -0.4 is 21.3 Å². The van der Waals surface area contributed by atoms with E-state index in [-0.39, 0.29) is 34.9 Å². The van der Waals surface area contributed by atoms with Gasteiger partial charge in [-0.1, -0.05) is 25.7 Å². The Labute approximate surface area is 169 Å². The van der Waals surface area contributed by atoms with Gasteiger partial charge in [-0.3, -0.25) is 14.3 Å². The molecule has 0 aromatic carbocycles. The lowest BCUT2D eigenvalue weighted by atomic mass is 10.1. The van der Waals surface area contributed by atoms with Gasteiger partial charge in [-0.15, -0.1) is 12.4 Å². The molecule has 1 aliphatic rings. The summed E-state index contributed by atoms with van der Waals surface area (Å²) < 4.78 is 28.7. The van der Waals surface area contributed by atoms with Crippen LogP contribution in [-0.2, 0) is 17.1 Å². The predicted molar refractivity (Wildman–Crippen MR) is 110 cm³/mol. The largest absolute Gasteiger partial charge is 0.329 e. The smallest absolute Gasteiger partial charge is 0.313 e. The highest BCUT2D eigenvalue weighted by atomic mass is 35.5. The topological polar surface area (TPSA) is 126 Å². The van der Waals surface area contributed by atoms with E-state index in [4.69, 9.17) is 0 Å². The Morgan fingerprint density at radius 1 is 1.18 bits per heavy atom. The highest BCUT2D eigenvalue weighted by Gasteiger charge is 2.17. The zero-order valence-corrected chi connectivity index (χ0v) is 17.4. The first-order chi connectivity index (χ1) is 12.9. The summed E-state index contributed by atoms with van der Waals surface area (Å²) in [6.45, 7) is 0.792. The Balaban J connectivity index is 0.00000280. The van der Waals surface area contributed by atoms with E-state index in [0.717, 1.165) is 23.6 Å². The van der Waals surface area contributed by atoms with Gasteiger partial charge >= 0.3 is 5.69 Å². The number of halogens is 1. The number of sulfonamides is 1. The van der Waals surface area contributed by atoms with E-state index >= 15 is 0 Å². The highest BCUT2D eigenvalue weighted by Crippen LogP contribution is 2.17. The minimum absolute atomic E-state index is 0. The number of nitrogens with one attached hydrogen (secondary N) is 3. The Morgan fingerprint density at radius 3 is 2.54 bits per heavy atom. The molecule has 0 aliphatic heterocycles. The third-order valence-electron chi connectivity index (χ3n) is 4.94. The zero-order valence-electron chi connectivity index (χ0n) is 15.7. The number of hydrogen-bond acceptors (Lipinski definition) is 6. The summed E-state index contributed by atoms with van der Waals surface area (Å²) in [5.74, 6) is 0. The minimum atomic E-state index is -3.79. The lowest BCUT2D eigenvalue weighted by Gasteiger charge is -2.16. The fraction of sp³-hybridized carbons (Fsp3) is 0.588. The number of aryl methyl sites for hydroxylation is 1. The van der Waals surface area contributed by atoms with Gasteiger partial charge in [0.2, 0.25) is 10.0 Å². The average Bonchev–Trinajstić information content (AvgIpc) is 2.92. The SMILES string of the molecule is Cl.Cn1c(=O)[nH]c(=O)c2cc(S(=O)(=O)NCCNC3CCCCCC3)cnc21. The van der Waals surface area contributed by atoms with Crippen LogP contribution in [0.2, 0.25) is 0 Å². The van der Waals surface area contributed by atoms with Crippen LogP contribution in [0.1, 0.15) is 38.5 Å². The van der Waals surface area contributed by atoms with Crippen LogP contribution in [-0.4, -0.2) is 42.1 Å². The molecule has 1 saturated carbocycles. The number of aromatic nitrogens is 3. The lowest BCUT2D eigenvalue weighted by Crippen LogP contribution is -2.37.